The third kappa shape index (κ3) is 5.49. The number of ether oxygens (including phenoxy) is 1. The quantitative estimate of drug-likeness (QED) is 0.618. The largest absolute Gasteiger partial charge is 0.379 e. The van der Waals surface area contributed by atoms with Crippen molar-refractivity contribution in [1.29, 1.82) is 0 Å². The number of benzene rings is 2. The maximum atomic E-state index is 12.1. The summed E-state index contributed by atoms with van der Waals surface area (Å²) >= 11 is 3.38. The summed E-state index contributed by atoms with van der Waals surface area (Å²) in [5.74, 6) is -0.216. The molecule has 0 saturated carbocycles. The predicted molar refractivity (Wildman–Crippen MR) is 102 cm³/mol. The van der Waals surface area contributed by atoms with Gasteiger partial charge in [0.25, 0.3) is 5.91 Å². The normalized spacial score (nSPS) is 15.4. The van der Waals surface area contributed by atoms with Gasteiger partial charge < -0.3 is 4.74 Å². The predicted octanol–water partition coefficient (Wildman–Crippen LogP) is 3.05. The van der Waals surface area contributed by atoms with Crippen LogP contribution in [0.4, 0.5) is 0 Å². The maximum Gasteiger partial charge on any atom is 0.271 e. The van der Waals surface area contributed by atoms with Crippen molar-refractivity contribution in [3.8, 4) is 0 Å². The second-order valence-corrected chi connectivity index (χ2v) is 6.75. The molecule has 1 heterocycles. The monoisotopic (exact) mass is 401 g/mol. The lowest BCUT2D eigenvalue weighted by molar-refractivity contribution is 0.0342. The van der Waals surface area contributed by atoms with E-state index in [-0.39, 0.29) is 5.91 Å². The third-order valence-electron chi connectivity index (χ3n) is 3.98. The van der Waals surface area contributed by atoms with Crippen LogP contribution in [0.25, 0.3) is 0 Å². The first kappa shape index (κ1) is 17.8. The molecule has 3 rings (SSSR count). The summed E-state index contributed by atoms with van der Waals surface area (Å²) in [4.78, 5) is 14.5. The number of amides is 1. The van der Waals surface area contributed by atoms with E-state index < -0.39 is 0 Å². The van der Waals surface area contributed by atoms with E-state index in [0.717, 1.165) is 42.9 Å². The lowest BCUT2D eigenvalue weighted by atomic mass is 10.1. The van der Waals surface area contributed by atoms with Crippen LogP contribution in [0.2, 0.25) is 0 Å². The minimum atomic E-state index is -0.216. The first-order valence-corrected chi connectivity index (χ1v) is 8.98. The number of carbonyl (C=O) groups excluding carboxylic acids is 1. The zero-order valence-corrected chi connectivity index (χ0v) is 15.4. The van der Waals surface area contributed by atoms with Crippen LogP contribution >= 0.6 is 15.9 Å². The molecule has 0 radical (unpaired) electrons. The van der Waals surface area contributed by atoms with Crippen molar-refractivity contribution in [2.75, 3.05) is 26.3 Å². The van der Waals surface area contributed by atoms with Crippen molar-refractivity contribution < 1.29 is 9.53 Å². The van der Waals surface area contributed by atoms with Gasteiger partial charge in [-0.3, -0.25) is 9.69 Å². The molecule has 5 nitrogen and oxygen atoms in total. The van der Waals surface area contributed by atoms with Crippen molar-refractivity contribution in [3.63, 3.8) is 0 Å². The van der Waals surface area contributed by atoms with Crippen molar-refractivity contribution in [3.05, 3.63) is 69.7 Å². The number of hydrogen-bond donors (Lipinski definition) is 1. The molecule has 1 aliphatic rings. The van der Waals surface area contributed by atoms with Crippen molar-refractivity contribution in [1.82, 2.24) is 10.3 Å². The van der Waals surface area contributed by atoms with Gasteiger partial charge in [0.1, 0.15) is 0 Å². The highest BCUT2D eigenvalue weighted by Gasteiger charge is 2.11. The number of nitrogens with one attached hydrogen (secondary N) is 1. The van der Waals surface area contributed by atoms with Crippen LogP contribution in [0.15, 0.2) is 58.1 Å². The zero-order chi connectivity index (χ0) is 17.5. The van der Waals surface area contributed by atoms with Crippen LogP contribution in [-0.4, -0.2) is 43.3 Å². The molecular formula is C19H20BrN3O2. The Balaban J connectivity index is 1.52. The number of hydrogen-bond acceptors (Lipinski definition) is 4. The van der Waals surface area contributed by atoms with E-state index in [2.05, 4.69) is 31.4 Å². The third-order valence-corrected chi connectivity index (χ3v) is 4.50. The molecule has 130 valence electrons. The number of carbonyl (C=O) groups is 1. The second kappa shape index (κ2) is 8.89. The molecule has 1 saturated heterocycles. The molecule has 0 unspecified atom stereocenters. The summed E-state index contributed by atoms with van der Waals surface area (Å²) < 4.78 is 6.36. The molecule has 2 aromatic carbocycles. The van der Waals surface area contributed by atoms with E-state index in [1.54, 1.807) is 6.21 Å². The Labute approximate surface area is 155 Å². The minimum absolute atomic E-state index is 0.216. The van der Waals surface area contributed by atoms with Crippen LogP contribution < -0.4 is 5.43 Å². The summed E-state index contributed by atoms with van der Waals surface area (Å²) in [6.45, 7) is 4.36. The summed E-state index contributed by atoms with van der Waals surface area (Å²) in [5.41, 5.74) is 5.26. The molecule has 1 amide bonds. The fraction of sp³-hybridized carbons (Fsp3) is 0.263. The number of nitrogens with zero attached hydrogens (tertiary/aromatic N) is 2. The first-order valence-electron chi connectivity index (χ1n) is 8.19. The molecule has 25 heavy (non-hydrogen) atoms. The zero-order valence-electron chi connectivity index (χ0n) is 13.8. The molecule has 1 aliphatic heterocycles. The topological polar surface area (TPSA) is 53.9 Å². The van der Waals surface area contributed by atoms with Gasteiger partial charge in [-0.2, -0.15) is 5.10 Å². The van der Waals surface area contributed by atoms with Gasteiger partial charge in [-0.25, -0.2) is 5.43 Å². The summed E-state index contributed by atoms with van der Waals surface area (Å²) in [6.07, 6.45) is 1.62. The number of morpholine rings is 1. The van der Waals surface area contributed by atoms with Crippen LogP contribution in [-0.2, 0) is 11.3 Å². The highest BCUT2D eigenvalue weighted by Crippen LogP contribution is 2.10. The highest BCUT2D eigenvalue weighted by molar-refractivity contribution is 9.10. The molecule has 2 aromatic rings. The minimum Gasteiger partial charge on any atom is -0.379 e. The van der Waals surface area contributed by atoms with Gasteiger partial charge in [0.15, 0.2) is 0 Å². The summed E-state index contributed by atoms with van der Waals surface area (Å²) in [5, 5.41) is 4.00. The van der Waals surface area contributed by atoms with Crippen molar-refractivity contribution >= 4 is 28.1 Å². The Hall–Kier alpha value is -2.02. The lowest BCUT2D eigenvalue weighted by Crippen LogP contribution is -2.35. The average Bonchev–Trinajstić information content (AvgIpc) is 2.65. The van der Waals surface area contributed by atoms with Crippen LogP contribution in [0.5, 0.6) is 0 Å². The van der Waals surface area contributed by atoms with Crippen LogP contribution in [0, 0.1) is 0 Å². The van der Waals surface area contributed by atoms with E-state index >= 15 is 0 Å². The SMILES string of the molecule is O=C(N/N=C/c1ccc(Br)cc1)c1ccc(CN2CCOCC2)cc1. The molecule has 0 spiro atoms. The van der Waals surface area contributed by atoms with Gasteiger partial charge in [-0.1, -0.05) is 40.2 Å². The van der Waals surface area contributed by atoms with Gasteiger partial charge >= 0.3 is 0 Å². The molecule has 0 bridgehead atoms. The smallest absolute Gasteiger partial charge is 0.271 e. The Morgan fingerprint density at radius 3 is 2.48 bits per heavy atom. The Morgan fingerprint density at radius 1 is 1.12 bits per heavy atom. The van der Waals surface area contributed by atoms with Gasteiger partial charge in [0.2, 0.25) is 0 Å². The van der Waals surface area contributed by atoms with E-state index in [1.165, 1.54) is 5.56 Å². The number of rotatable bonds is 5. The van der Waals surface area contributed by atoms with Crippen molar-refractivity contribution in [2.45, 2.75) is 6.54 Å². The van der Waals surface area contributed by atoms with Crippen LogP contribution in [0.3, 0.4) is 0 Å². The van der Waals surface area contributed by atoms with Gasteiger partial charge in [-0.05, 0) is 35.4 Å². The van der Waals surface area contributed by atoms with E-state index in [9.17, 15) is 4.79 Å². The summed E-state index contributed by atoms with van der Waals surface area (Å²) in [6, 6.07) is 15.3. The van der Waals surface area contributed by atoms with Gasteiger partial charge in [-0.15, -0.1) is 0 Å². The van der Waals surface area contributed by atoms with Gasteiger partial charge in [0.05, 0.1) is 19.4 Å². The lowest BCUT2D eigenvalue weighted by Gasteiger charge is -2.26. The molecule has 0 atom stereocenters. The molecule has 6 heteroatoms. The van der Waals surface area contributed by atoms with Crippen molar-refractivity contribution in [2.24, 2.45) is 5.10 Å². The standard InChI is InChI=1S/C19H20BrN3O2/c20-18-7-3-15(4-8-18)13-21-22-19(24)17-5-1-16(2-6-17)14-23-9-11-25-12-10-23/h1-8,13H,9-12,14H2,(H,22,24)/b21-13+. The molecule has 1 N–H and O–H groups in total. The molecular weight excluding hydrogens is 382 g/mol. The van der Waals surface area contributed by atoms with Gasteiger partial charge in [0, 0.05) is 29.7 Å². The molecule has 0 aliphatic carbocycles. The number of hydrazone groups is 1. The first-order chi connectivity index (χ1) is 12.2. The second-order valence-electron chi connectivity index (χ2n) is 5.84. The Morgan fingerprint density at radius 2 is 1.80 bits per heavy atom. The molecule has 1 fully saturated rings. The van der Waals surface area contributed by atoms with E-state index in [1.807, 2.05) is 48.5 Å². The van der Waals surface area contributed by atoms with E-state index in [0.29, 0.717) is 5.56 Å². The summed E-state index contributed by atoms with van der Waals surface area (Å²) in [7, 11) is 0. The number of halogens is 1. The van der Waals surface area contributed by atoms with Crippen LogP contribution in [0.1, 0.15) is 21.5 Å². The highest BCUT2D eigenvalue weighted by atomic mass is 79.9. The Kier molecular flexibility index (Phi) is 6.33. The van der Waals surface area contributed by atoms with E-state index in [4.69, 9.17) is 4.74 Å². The maximum absolute atomic E-state index is 12.1. The average molecular weight is 402 g/mol. The Bertz CT molecular complexity index is 723. The fourth-order valence-electron chi connectivity index (χ4n) is 2.56. The molecule has 0 aromatic heterocycles. The fourth-order valence-corrected chi connectivity index (χ4v) is 2.82.